The Morgan fingerprint density at radius 2 is 0.507 bits per heavy atom. The first kappa shape index (κ1) is 84.3. The number of para-hydroxylation sites is 3. The summed E-state index contributed by atoms with van der Waals surface area (Å²) in [7, 11) is 0. The van der Waals surface area contributed by atoms with Gasteiger partial charge in [0.1, 0.15) is 34.5 Å². The number of hydrogen-bond donors (Lipinski definition) is 0. The Hall–Kier alpha value is -18.2. The van der Waals surface area contributed by atoms with E-state index in [4.69, 9.17) is 14.2 Å². The molecule has 0 amide bonds. The molecule has 24 aromatic rings. The first-order valence-electron chi connectivity index (χ1n) is 49.1. The molecule has 0 N–H and O–H groups in total. The van der Waals surface area contributed by atoms with Crippen LogP contribution < -0.4 is 19.1 Å². The van der Waals surface area contributed by atoms with Crippen LogP contribution in [0.15, 0.2) is 546 Å². The van der Waals surface area contributed by atoms with Crippen LogP contribution in [0.4, 0.5) is 17.1 Å². The maximum absolute atomic E-state index is 6.81. The van der Waals surface area contributed by atoms with Crippen LogP contribution in [0.25, 0.3) is 121 Å². The third-order valence-corrected chi connectivity index (χ3v) is 29.5. The second-order valence-corrected chi connectivity index (χ2v) is 37.3. The molecule has 0 aromatic heterocycles. The van der Waals surface area contributed by atoms with Crippen molar-refractivity contribution in [1.82, 2.24) is 0 Å². The van der Waals surface area contributed by atoms with Gasteiger partial charge in [-0.15, -0.1) is 0 Å². The molecule has 4 nitrogen and oxygen atoms in total. The zero-order chi connectivity index (χ0) is 94.0. The molecule has 0 saturated heterocycles. The van der Waals surface area contributed by atoms with Crippen LogP contribution in [0, 0.1) is 0 Å². The molecular formula is C138H93NO3. The average molecular weight is 1810 g/mol. The van der Waals surface area contributed by atoms with Gasteiger partial charge < -0.3 is 19.1 Å². The van der Waals surface area contributed by atoms with E-state index in [-0.39, 0.29) is 17.8 Å². The monoisotopic (exact) mass is 1810 g/mol. The summed E-state index contributed by atoms with van der Waals surface area (Å²) in [5.74, 6) is 5.71. The van der Waals surface area contributed by atoms with Crippen molar-refractivity contribution >= 4 is 70.9 Å². The fraction of sp³-hybridized carbons (Fsp3) is 0.0290. The van der Waals surface area contributed by atoms with Gasteiger partial charge in [-0.3, -0.25) is 0 Å². The Morgan fingerprint density at radius 1 is 0.176 bits per heavy atom. The summed E-state index contributed by atoms with van der Waals surface area (Å²) in [4.78, 5) is 2.36. The molecular weight excluding hydrogens is 1720 g/mol. The SMILES string of the molecule is c1ccc(-c2ccc(-c3ccc(C4c5ccccc5Oc5c4c4ccccc4c4ccccc54)cc3)cc2)cc1.c1ccc(-c2ccc(N(c3ccc(-c4ccccc4)cc3)c3cccc(C4c5ccccc5Oc5ccc6ccccc6c54)c3)cc2)cc1.c1ccc(C2(c3ccccc3)c3ccccc3-c3ccc(-c4ccc(C5c6ccccc6Oc6c5c5ccccc5c5ccccc65)cc4)cc32)cc1. The van der Waals surface area contributed by atoms with E-state index in [0.29, 0.717) is 0 Å². The molecule has 24 aromatic carbocycles. The minimum atomic E-state index is -0.427. The predicted molar refractivity (Wildman–Crippen MR) is 588 cm³/mol. The van der Waals surface area contributed by atoms with Gasteiger partial charge in [0.25, 0.3) is 0 Å². The highest BCUT2D eigenvalue weighted by Gasteiger charge is 2.47. The molecule has 3 unspecified atom stereocenters. The molecule has 0 fully saturated rings. The van der Waals surface area contributed by atoms with Crippen LogP contribution in [0.3, 0.4) is 0 Å². The molecule has 1 aliphatic carbocycles. The number of nitrogens with zero attached hydrogens (tertiary/aromatic N) is 1. The van der Waals surface area contributed by atoms with E-state index in [1.54, 1.807) is 0 Å². The predicted octanol–water partition coefficient (Wildman–Crippen LogP) is 36.9. The van der Waals surface area contributed by atoms with Crippen LogP contribution in [-0.2, 0) is 5.41 Å². The molecule has 0 spiro atoms. The van der Waals surface area contributed by atoms with Crippen LogP contribution in [-0.4, -0.2) is 0 Å². The van der Waals surface area contributed by atoms with Crippen LogP contribution in [0.5, 0.6) is 34.5 Å². The quantitative estimate of drug-likeness (QED) is 0.108. The second-order valence-electron chi connectivity index (χ2n) is 37.3. The van der Waals surface area contributed by atoms with Crippen LogP contribution in [0.2, 0.25) is 0 Å². The van der Waals surface area contributed by atoms with Crippen molar-refractivity contribution in [3.8, 4) is 101 Å². The number of fused-ring (bicyclic) bond motifs is 21. The molecule has 142 heavy (non-hydrogen) atoms. The molecule has 3 aliphatic heterocycles. The highest BCUT2D eigenvalue weighted by molar-refractivity contribution is 6.15. The Morgan fingerprint density at radius 3 is 0.972 bits per heavy atom. The summed E-state index contributed by atoms with van der Waals surface area (Å²) in [6, 6.07) is 197. The molecule has 28 rings (SSSR count). The lowest BCUT2D eigenvalue weighted by molar-refractivity contribution is 0.454. The van der Waals surface area contributed by atoms with Crippen molar-refractivity contribution in [3.05, 3.63) is 618 Å². The molecule has 4 aliphatic rings. The topological polar surface area (TPSA) is 30.9 Å². The summed E-state index contributed by atoms with van der Waals surface area (Å²) in [6.07, 6.45) is 0. The van der Waals surface area contributed by atoms with Gasteiger partial charge in [-0.1, -0.05) is 479 Å². The molecule has 0 bridgehead atoms. The Labute approximate surface area is 826 Å². The lowest BCUT2D eigenvalue weighted by Crippen LogP contribution is -2.28. The number of ether oxygens (including phenoxy) is 3. The van der Waals surface area contributed by atoms with Gasteiger partial charge in [-0.25, -0.2) is 0 Å². The number of benzene rings is 24. The summed E-state index contributed by atoms with van der Waals surface area (Å²) in [6.45, 7) is 0. The number of hydrogen-bond acceptors (Lipinski definition) is 4. The fourth-order valence-corrected chi connectivity index (χ4v) is 23.0. The Balaban J connectivity index is 0.000000110. The molecule has 3 heterocycles. The van der Waals surface area contributed by atoms with Gasteiger partial charge in [-0.2, -0.15) is 0 Å². The summed E-state index contributed by atoms with van der Waals surface area (Å²) in [5, 5.41) is 12.2. The molecule has 0 radical (unpaired) electrons. The minimum absolute atomic E-state index is 0.00811. The van der Waals surface area contributed by atoms with Crippen molar-refractivity contribution in [2.45, 2.75) is 23.2 Å². The van der Waals surface area contributed by atoms with Crippen molar-refractivity contribution < 1.29 is 14.2 Å². The van der Waals surface area contributed by atoms with E-state index in [1.165, 1.54) is 182 Å². The van der Waals surface area contributed by atoms with Crippen LogP contribution in [0.1, 0.15) is 90.1 Å². The normalized spacial score (nSPS) is 14.1. The smallest absolute Gasteiger partial charge is 0.140 e. The minimum Gasteiger partial charge on any atom is -0.457 e. The van der Waals surface area contributed by atoms with Crippen molar-refractivity contribution in [1.29, 1.82) is 0 Å². The molecule has 3 atom stereocenters. The number of anilines is 3. The maximum atomic E-state index is 6.81. The van der Waals surface area contributed by atoms with Gasteiger partial charge in [-0.05, 0) is 216 Å². The lowest BCUT2D eigenvalue weighted by Gasteiger charge is -2.34. The van der Waals surface area contributed by atoms with Gasteiger partial charge in [0.2, 0.25) is 0 Å². The van der Waals surface area contributed by atoms with E-state index in [0.717, 1.165) is 62.3 Å². The highest BCUT2D eigenvalue weighted by atomic mass is 16.5. The lowest BCUT2D eigenvalue weighted by atomic mass is 9.67. The van der Waals surface area contributed by atoms with E-state index in [2.05, 4.69) is 551 Å². The molecule has 668 valence electrons. The van der Waals surface area contributed by atoms with E-state index < -0.39 is 5.41 Å². The third kappa shape index (κ3) is 14.8. The summed E-state index contributed by atoms with van der Waals surface area (Å²) < 4.78 is 20.0. The maximum Gasteiger partial charge on any atom is 0.140 e. The number of rotatable bonds is 13. The fourth-order valence-electron chi connectivity index (χ4n) is 23.0. The van der Waals surface area contributed by atoms with Gasteiger partial charge in [0.05, 0.1) is 5.41 Å². The van der Waals surface area contributed by atoms with Gasteiger partial charge >= 0.3 is 0 Å². The third-order valence-electron chi connectivity index (χ3n) is 29.5. The zero-order valence-corrected chi connectivity index (χ0v) is 77.9. The van der Waals surface area contributed by atoms with Crippen molar-refractivity contribution in [3.63, 3.8) is 0 Å². The Bertz CT molecular complexity index is 8770. The van der Waals surface area contributed by atoms with Gasteiger partial charge in [0, 0.05) is 79.0 Å². The molecule has 4 heteroatoms. The van der Waals surface area contributed by atoms with E-state index in [9.17, 15) is 0 Å². The Kier molecular flexibility index (Phi) is 21.4. The summed E-state index contributed by atoms with van der Waals surface area (Å²) in [5.41, 5.74) is 33.8. The standard InChI is InChI=1S/C52H34O.C47H33NO.C39H26O/c1-3-15-37(16-4-1)52(38-17-5-2-6-18-38)46-25-13-11-21-41(46)42-32-31-36(33-47(42)52)34-27-29-35(30-28-34)49-45-24-12-14-26-48(45)53-51-44-23-10-8-20-40(44)39-19-7-9-22-43(39)50(49)51;1-3-12-33(13-4-1)35-22-27-39(28-23-35)48(40-29-24-36(25-30-40)34-14-5-2-6-15-34)41-18-11-17-38(32-41)46-43-20-9-10-21-44(43)49-45-31-26-37-16-7-8-19-42(37)47(45)46;1-2-10-26(11-3-1)27-18-20-28(21-19-27)29-22-24-30(25-23-29)37-35-16-8-9-17-36(35)40-39-34-15-7-5-13-32(34)31-12-4-6-14-33(31)38(37)39/h1-33,49H;1-32,46H;1-25,37H. The zero-order valence-electron chi connectivity index (χ0n) is 77.9. The van der Waals surface area contributed by atoms with Crippen molar-refractivity contribution in [2.75, 3.05) is 4.90 Å². The average Bonchev–Trinajstić information content (AvgIpc) is 1.53. The highest BCUT2D eigenvalue weighted by Crippen LogP contribution is 2.60. The van der Waals surface area contributed by atoms with E-state index in [1.807, 2.05) is 0 Å². The largest absolute Gasteiger partial charge is 0.457 e. The second kappa shape index (κ2) is 36.0. The first-order chi connectivity index (χ1) is 70.4. The molecule has 0 saturated carbocycles. The summed E-state index contributed by atoms with van der Waals surface area (Å²) >= 11 is 0. The van der Waals surface area contributed by atoms with Crippen LogP contribution >= 0.6 is 0 Å². The van der Waals surface area contributed by atoms with Gasteiger partial charge in [0.15, 0.2) is 0 Å². The van der Waals surface area contributed by atoms with E-state index >= 15 is 0 Å². The van der Waals surface area contributed by atoms with Crippen molar-refractivity contribution in [2.24, 2.45) is 0 Å². The first-order valence-corrected chi connectivity index (χ1v) is 49.1.